The number of nitrogens with zero attached hydrogens (tertiary/aromatic N) is 2. The van der Waals surface area contributed by atoms with Gasteiger partial charge in [-0.15, -0.1) is 0 Å². The van der Waals surface area contributed by atoms with Crippen LogP contribution in [0.25, 0.3) is 11.3 Å². The Labute approximate surface area is 164 Å². The van der Waals surface area contributed by atoms with Crippen molar-refractivity contribution in [3.63, 3.8) is 0 Å². The van der Waals surface area contributed by atoms with Gasteiger partial charge in [0.1, 0.15) is 5.75 Å². The van der Waals surface area contributed by atoms with E-state index in [2.05, 4.69) is 15.3 Å². The van der Waals surface area contributed by atoms with Gasteiger partial charge in [-0.2, -0.15) is 0 Å². The number of nitrogens with one attached hydrogen (secondary N) is 1. The second kappa shape index (κ2) is 9.50. The molecule has 6 nitrogen and oxygen atoms in total. The normalized spacial score (nSPS) is 10.4. The summed E-state index contributed by atoms with van der Waals surface area (Å²) in [5.74, 6) is 1.27. The molecule has 0 aliphatic heterocycles. The highest BCUT2D eigenvalue weighted by molar-refractivity contribution is 5.94. The zero-order chi connectivity index (χ0) is 19.8. The highest BCUT2D eigenvalue weighted by Gasteiger charge is 2.07. The third-order valence-corrected chi connectivity index (χ3v) is 4.35. The van der Waals surface area contributed by atoms with E-state index in [4.69, 9.17) is 9.47 Å². The second-order valence-electron chi connectivity index (χ2n) is 6.23. The van der Waals surface area contributed by atoms with Gasteiger partial charge >= 0.3 is 0 Å². The molecule has 1 N–H and O–H groups in total. The lowest BCUT2D eigenvalue weighted by Gasteiger charge is -2.07. The summed E-state index contributed by atoms with van der Waals surface area (Å²) in [4.78, 5) is 20.8. The number of hydrogen-bond acceptors (Lipinski definition) is 5. The maximum atomic E-state index is 12.3. The van der Waals surface area contributed by atoms with Crippen molar-refractivity contribution in [3.05, 3.63) is 72.1 Å². The average Bonchev–Trinajstić information content (AvgIpc) is 2.77. The van der Waals surface area contributed by atoms with Crippen LogP contribution < -0.4 is 14.8 Å². The van der Waals surface area contributed by atoms with Crippen LogP contribution in [0, 0.1) is 0 Å². The fourth-order valence-electron chi connectivity index (χ4n) is 2.74. The third kappa shape index (κ3) is 5.07. The zero-order valence-corrected chi connectivity index (χ0v) is 16.0. The van der Waals surface area contributed by atoms with Crippen LogP contribution in [0.1, 0.15) is 22.3 Å². The van der Waals surface area contributed by atoms with Crippen LogP contribution in [0.3, 0.4) is 0 Å². The number of carbonyl (C=O) groups excluding carboxylic acids is 1. The number of aromatic nitrogens is 2. The maximum Gasteiger partial charge on any atom is 0.252 e. The standard InChI is InChI=1S/C22H23N3O3/c1-27-19-9-5-16(6-10-19)4-3-13-23-22(26)18-7-11-20(24-15-18)17-8-12-21(28-2)25-14-17/h5-12,14-15H,3-4,13H2,1-2H3,(H,23,26). The predicted octanol–water partition coefficient (Wildman–Crippen LogP) is 3.52. The fourth-order valence-corrected chi connectivity index (χ4v) is 2.74. The Kier molecular flexibility index (Phi) is 6.57. The monoisotopic (exact) mass is 377 g/mol. The molecule has 0 bridgehead atoms. The van der Waals surface area contributed by atoms with Crippen molar-refractivity contribution in [1.82, 2.24) is 15.3 Å². The number of amides is 1. The molecular formula is C22H23N3O3. The molecule has 3 aromatic rings. The summed E-state index contributed by atoms with van der Waals surface area (Å²) in [5, 5.41) is 2.93. The lowest BCUT2D eigenvalue weighted by Crippen LogP contribution is -2.24. The smallest absolute Gasteiger partial charge is 0.252 e. The Morgan fingerprint density at radius 3 is 2.36 bits per heavy atom. The Morgan fingerprint density at radius 1 is 0.929 bits per heavy atom. The van der Waals surface area contributed by atoms with Gasteiger partial charge in [0.15, 0.2) is 0 Å². The maximum absolute atomic E-state index is 12.3. The highest BCUT2D eigenvalue weighted by Crippen LogP contribution is 2.18. The van der Waals surface area contributed by atoms with Gasteiger partial charge in [-0.25, -0.2) is 4.98 Å². The van der Waals surface area contributed by atoms with Gasteiger partial charge in [0.25, 0.3) is 5.91 Å². The number of ether oxygens (including phenoxy) is 2. The molecule has 0 radical (unpaired) electrons. The van der Waals surface area contributed by atoms with Crippen molar-refractivity contribution < 1.29 is 14.3 Å². The van der Waals surface area contributed by atoms with Crippen LogP contribution in [0.15, 0.2) is 60.9 Å². The molecule has 0 aliphatic rings. The first-order valence-corrected chi connectivity index (χ1v) is 9.07. The van der Waals surface area contributed by atoms with E-state index in [1.165, 1.54) is 5.56 Å². The fraction of sp³-hybridized carbons (Fsp3) is 0.227. The Balaban J connectivity index is 1.48. The molecule has 2 aromatic heterocycles. The van der Waals surface area contributed by atoms with E-state index >= 15 is 0 Å². The minimum absolute atomic E-state index is 0.123. The minimum Gasteiger partial charge on any atom is -0.497 e. The number of carbonyl (C=O) groups is 1. The molecular weight excluding hydrogens is 354 g/mol. The van der Waals surface area contributed by atoms with Crippen molar-refractivity contribution in [2.24, 2.45) is 0 Å². The van der Waals surface area contributed by atoms with E-state index in [0.29, 0.717) is 18.0 Å². The first-order chi connectivity index (χ1) is 13.7. The number of rotatable bonds is 8. The van der Waals surface area contributed by atoms with Crippen LogP contribution in [0.5, 0.6) is 11.6 Å². The largest absolute Gasteiger partial charge is 0.497 e. The van der Waals surface area contributed by atoms with Gasteiger partial charge in [0.05, 0.1) is 25.5 Å². The third-order valence-electron chi connectivity index (χ3n) is 4.35. The molecule has 3 rings (SSSR count). The van der Waals surface area contributed by atoms with Crippen molar-refractivity contribution >= 4 is 5.91 Å². The lowest BCUT2D eigenvalue weighted by atomic mass is 10.1. The molecule has 6 heteroatoms. The molecule has 0 saturated carbocycles. The summed E-state index contributed by atoms with van der Waals surface area (Å²) in [6.07, 6.45) is 5.03. The number of methoxy groups -OCH3 is 2. The molecule has 144 valence electrons. The molecule has 0 spiro atoms. The molecule has 28 heavy (non-hydrogen) atoms. The molecule has 0 aliphatic carbocycles. The van der Waals surface area contributed by atoms with Gasteiger partial charge in [-0.1, -0.05) is 12.1 Å². The molecule has 0 saturated heterocycles. The average molecular weight is 377 g/mol. The molecule has 0 unspecified atom stereocenters. The van der Waals surface area contributed by atoms with Crippen molar-refractivity contribution in [3.8, 4) is 22.9 Å². The highest BCUT2D eigenvalue weighted by atomic mass is 16.5. The van der Waals surface area contributed by atoms with Crippen molar-refractivity contribution in [2.75, 3.05) is 20.8 Å². The van der Waals surface area contributed by atoms with Gasteiger partial charge in [0.2, 0.25) is 5.88 Å². The molecule has 2 heterocycles. The SMILES string of the molecule is COc1ccc(CCCNC(=O)c2ccc(-c3ccc(OC)nc3)nc2)cc1. The summed E-state index contributed by atoms with van der Waals surface area (Å²) in [7, 11) is 3.23. The summed E-state index contributed by atoms with van der Waals surface area (Å²) in [6, 6.07) is 15.2. The van der Waals surface area contributed by atoms with Crippen LogP contribution in [-0.2, 0) is 6.42 Å². The summed E-state index contributed by atoms with van der Waals surface area (Å²) in [6.45, 7) is 0.606. The quantitative estimate of drug-likeness (QED) is 0.608. The number of pyridine rings is 2. The van der Waals surface area contributed by atoms with E-state index in [1.807, 2.05) is 36.4 Å². The van der Waals surface area contributed by atoms with Gasteiger partial charge < -0.3 is 14.8 Å². The summed E-state index contributed by atoms with van der Waals surface area (Å²) in [5.41, 5.74) is 3.38. The van der Waals surface area contributed by atoms with Crippen LogP contribution >= 0.6 is 0 Å². The Morgan fingerprint density at radius 2 is 1.75 bits per heavy atom. The Bertz CT molecular complexity index is 892. The lowest BCUT2D eigenvalue weighted by molar-refractivity contribution is 0.0953. The van der Waals surface area contributed by atoms with Gasteiger partial charge in [0, 0.05) is 30.6 Å². The van der Waals surface area contributed by atoms with Crippen LogP contribution in [0.2, 0.25) is 0 Å². The van der Waals surface area contributed by atoms with E-state index in [1.54, 1.807) is 38.7 Å². The van der Waals surface area contributed by atoms with E-state index in [0.717, 1.165) is 29.8 Å². The predicted molar refractivity (Wildman–Crippen MR) is 108 cm³/mol. The molecule has 1 aromatic carbocycles. The summed E-state index contributed by atoms with van der Waals surface area (Å²) >= 11 is 0. The van der Waals surface area contributed by atoms with Gasteiger partial charge in [-0.3, -0.25) is 9.78 Å². The second-order valence-corrected chi connectivity index (χ2v) is 6.23. The number of benzene rings is 1. The van der Waals surface area contributed by atoms with E-state index in [9.17, 15) is 4.79 Å². The molecule has 0 atom stereocenters. The molecule has 0 fully saturated rings. The first-order valence-electron chi connectivity index (χ1n) is 9.07. The van der Waals surface area contributed by atoms with E-state index < -0.39 is 0 Å². The number of aryl methyl sites for hydroxylation is 1. The van der Waals surface area contributed by atoms with Crippen LogP contribution in [0.4, 0.5) is 0 Å². The number of hydrogen-bond donors (Lipinski definition) is 1. The minimum atomic E-state index is -0.123. The topological polar surface area (TPSA) is 73.3 Å². The Hall–Kier alpha value is -3.41. The zero-order valence-electron chi connectivity index (χ0n) is 16.0. The van der Waals surface area contributed by atoms with Gasteiger partial charge in [-0.05, 0) is 48.7 Å². The summed E-state index contributed by atoms with van der Waals surface area (Å²) < 4.78 is 10.2. The van der Waals surface area contributed by atoms with Crippen molar-refractivity contribution in [1.29, 1.82) is 0 Å². The first kappa shape index (κ1) is 19.4. The molecule has 1 amide bonds. The van der Waals surface area contributed by atoms with E-state index in [-0.39, 0.29) is 5.91 Å². The van der Waals surface area contributed by atoms with Crippen molar-refractivity contribution in [2.45, 2.75) is 12.8 Å². The van der Waals surface area contributed by atoms with Crippen LogP contribution in [-0.4, -0.2) is 36.6 Å².